The van der Waals surface area contributed by atoms with Crippen LogP contribution in [0.4, 0.5) is 16.2 Å². The minimum absolute atomic E-state index is 0.00280. The Morgan fingerprint density at radius 2 is 2.11 bits per heavy atom. The van der Waals surface area contributed by atoms with Gasteiger partial charge in [0.1, 0.15) is 6.54 Å². The highest BCUT2D eigenvalue weighted by molar-refractivity contribution is 8.13. The lowest BCUT2D eigenvalue weighted by molar-refractivity contribution is -0.384. The summed E-state index contributed by atoms with van der Waals surface area (Å²) in [6.07, 6.45) is 0. The Kier molecular flexibility index (Phi) is 4.00. The molecule has 0 saturated carbocycles. The lowest BCUT2D eigenvalue weighted by Crippen LogP contribution is -2.33. The van der Waals surface area contributed by atoms with Crippen LogP contribution in [-0.4, -0.2) is 39.8 Å². The largest absolute Gasteiger partial charge is 0.325 e. The number of nitro groups is 1. The third kappa shape index (κ3) is 3.44. The van der Waals surface area contributed by atoms with Crippen LogP contribution in [0.25, 0.3) is 0 Å². The van der Waals surface area contributed by atoms with Gasteiger partial charge in [0.25, 0.3) is 10.9 Å². The molecule has 0 radical (unpaired) electrons. The summed E-state index contributed by atoms with van der Waals surface area (Å²) in [7, 11) is 0. The van der Waals surface area contributed by atoms with Gasteiger partial charge in [0.2, 0.25) is 5.91 Å². The lowest BCUT2D eigenvalue weighted by Gasteiger charge is -2.13. The summed E-state index contributed by atoms with van der Waals surface area (Å²) < 4.78 is 0. The van der Waals surface area contributed by atoms with E-state index in [0.29, 0.717) is 18.0 Å². The SMILES string of the molecule is O=C(CN1CCSC1=O)Nc1ccc([N+](=O)[O-])cc1. The Morgan fingerprint density at radius 3 is 2.63 bits per heavy atom. The van der Waals surface area contributed by atoms with Crippen LogP contribution in [0.1, 0.15) is 0 Å². The summed E-state index contributed by atoms with van der Waals surface area (Å²) in [4.78, 5) is 34.4. The molecule has 1 aromatic rings. The summed E-state index contributed by atoms with van der Waals surface area (Å²) >= 11 is 1.19. The number of thioether (sulfide) groups is 1. The molecule has 8 heteroatoms. The van der Waals surface area contributed by atoms with Gasteiger partial charge in [0.05, 0.1) is 4.92 Å². The molecule has 0 atom stereocenters. The summed E-state index contributed by atoms with van der Waals surface area (Å²) in [5.74, 6) is 0.383. The standard InChI is InChI=1S/C11H11N3O4S/c15-10(7-13-5-6-19-11(13)16)12-8-1-3-9(4-2-8)14(17)18/h1-4H,5-7H2,(H,12,15). The van der Waals surface area contributed by atoms with E-state index in [-0.39, 0.29) is 23.4 Å². The zero-order valence-electron chi connectivity index (χ0n) is 9.87. The molecule has 0 bridgehead atoms. The van der Waals surface area contributed by atoms with Gasteiger partial charge in [-0.25, -0.2) is 0 Å². The maximum Gasteiger partial charge on any atom is 0.282 e. The molecule has 0 spiro atoms. The maximum atomic E-state index is 11.7. The quantitative estimate of drug-likeness (QED) is 0.669. The van der Waals surface area contributed by atoms with Crippen LogP contribution in [0.15, 0.2) is 24.3 Å². The summed E-state index contributed by atoms with van der Waals surface area (Å²) in [6.45, 7) is 0.569. The first-order chi connectivity index (χ1) is 9.06. The fourth-order valence-corrected chi connectivity index (χ4v) is 2.43. The van der Waals surface area contributed by atoms with Crippen molar-refractivity contribution in [2.75, 3.05) is 24.2 Å². The molecule has 1 heterocycles. The highest BCUT2D eigenvalue weighted by Gasteiger charge is 2.23. The summed E-state index contributed by atoms with van der Waals surface area (Å²) in [5, 5.41) is 13.0. The van der Waals surface area contributed by atoms with E-state index in [1.807, 2.05) is 0 Å². The van der Waals surface area contributed by atoms with Gasteiger partial charge in [-0.2, -0.15) is 0 Å². The number of rotatable bonds is 4. The van der Waals surface area contributed by atoms with Crippen LogP contribution in [0.5, 0.6) is 0 Å². The normalized spacial score (nSPS) is 14.5. The molecule has 1 N–H and O–H groups in total. The van der Waals surface area contributed by atoms with Crippen LogP contribution < -0.4 is 5.32 Å². The van der Waals surface area contributed by atoms with Crippen LogP contribution in [0, 0.1) is 10.1 Å². The van der Waals surface area contributed by atoms with Gasteiger partial charge in [0, 0.05) is 30.1 Å². The van der Waals surface area contributed by atoms with Crippen molar-refractivity contribution in [2.45, 2.75) is 0 Å². The number of carbonyl (C=O) groups excluding carboxylic acids is 2. The number of benzene rings is 1. The second-order valence-corrected chi connectivity index (χ2v) is 4.93. The number of hydrogen-bond acceptors (Lipinski definition) is 5. The van der Waals surface area contributed by atoms with Crippen molar-refractivity contribution >= 4 is 34.3 Å². The first-order valence-electron chi connectivity index (χ1n) is 5.52. The van der Waals surface area contributed by atoms with E-state index >= 15 is 0 Å². The van der Waals surface area contributed by atoms with Gasteiger partial charge in [-0.3, -0.25) is 19.7 Å². The van der Waals surface area contributed by atoms with E-state index in [4.69, 9.17) is 0 Å². The van der Waals surface area contributed by atoms with Crippen molar-refractivity contribution < 1.29 is 14.5 Å². The van der Waals surface area contributed by atoms with Gasteiger partial charge in [-0.1, -0.05) is 11.8 Å². The third-order valence-corrected chi connectivity index (χ3v) is 3.43. The first kappa shape index (κ1) is 13.3. The molecular formula is C11H11N3O4S. The Bertz CT molecular complexity index is 517. The second-order valence-electron chi connectivity index (χ2n) is 3.89. The number of nitrogens with zero attached hydrogens (tertiary/aromatic N) is 2. The van der Waals surface area contributed by atoms with E-state index < -0.39 is 4.92 Å². The van der Waals surface area contributed by atoms with Crippen LogP contribution in [-0.2, 0) is 4.79 Å². The Morgan fingerprint density at radius 1 is 1.42 bits per heavy atom. The highest BCUT2D eigenvalue weighted by Crippen LogP contribution is 2.18. The topological polar surface area (TPSA) is 92.6 Å². The van der Waals surface area contributed by atoms with Gasteiger partial charge in [0.15, 0.2) is 0 Å². The molecule has 100 valence electrons. The fraction of sp³-hybridized carbons (Fsp3) is 0.273. The number of anilines is 1. The molecule has 1 aliphatic heterocycles. The number of hydrogen-bond donors (Lipinski definition) is 1. The smallest absolute Gasteiger partial charge is 0.282 e. The van der Waals surface area contributed by atoms with Crippen molar-refractivity contribution in [3.05, 3.63) is 34.4 Å². The Labute approximate surface area is 113 Å². The molecule has 1 aliphatic rings. The molecule has 1 fully saturated rings. The third-order valence-electron chi connectivity index (χ3n) is 2.54. The van der Waals surface area contributed by atoms with E-state index in [1.54, 1.807) is 0 Å². The molecule has 7 nitrogen and oxygen atoms in total. The number of non-ortho nitro benzene ring substituents is 1. The number of nitrogens with one attached hydrogen (secondary N) is 1. The van der Waals surface area contributed by atoms with Gasteiger partial charge >= 0.3 is 0 Å². The summed E-state index contributed by atoms with van der Waals surface area (Å²) in [5.41, 5.74) is 0.430. The number of nitro benzene ring substituents is 1. The fourth-order valence-electron chi connectivity index (χ4n) is 1.61. The van der Waals surface area contributed by atoms with Crippen LogP contribution in [0.2, 0.25) is 0 Å². The molecule has 0 aliphatic carbocycles. The van der Waals surface area contributed by atoms with E-state index in [1.165, 1.54) is 40.9 Å². The minimum atomic E-state index is -0.508. The average molecular weight is 281 g/mol. The molecule has 19 heavy (non-hydrogen) atoms. The Balaban J connectivity index is 1.91. The van der Waals surface area contributed by atoms with Gasteiger partial charge < -0.3 is 10.2 Å². The maximum absolute atomic E-state index is 11.7. The lowest BCUT2D eigenvalue weighted by atomic mass is 10.3. The predicted octanol–water partition coefficient (Wildman–Crippen LogP) is 1.70. The minimum Gasteiger partial charge on any atom is -0.325 e. The first-order valence-corrected chi connectivity index (χ1v) is 6.51. The number of amides is 2. The number of carbonyl (C=O) groups is 2. The molecule has 2 amide bonds. The highest BCUT2D eigenvalue weighted by atomic mass is 32.2. The average Bonchev–Trinajstić information content (AvgIpc) is 2.75. The van der Waals surface area contributed by atoms with Crippen molar-refractivity contribution in [2.24, 2.45) is 0 Å². The predicted molar refractivity (Wildman–Crippen MR) is 71.2 cm³/mol. The van der Waals surface area contributed by atoms with Gasteiger partial charge in [-0.15, -0.1) is 0 Å². The van der Waals surface area contributed by atoms with E-state index in [9.17, 15) is 19.7 Å². The van der Waals surface area contributed by atoms with Crippen LogP contribution in [0.3, 0.4) is 0 Å². The van der Waals surface area contributed by atoms with Crippen molar-refractivity contribution in [3.63, 3.8) is 0 Å². The second kappa shape index (κ2) is 5.70. The summed E-state index contributed by atoms with van der Waals surface area (Å²) in [6, 6.07) is 5.53. The molecular weight excluding hydrogens is 270 g/mol. The van der Waals surface area contributed by atoms with Crippen molar-refractivity contribution in [3.8, 4) is 0 Å². The zero-order valence-corrected chi connectivity index (χ0v) is 10.7. The Hall–Kier alpha value is -2.09. The molecule has 1 aromatic carbocycles. The van der Waals surface area contributed by atoms with Crippen LogP contribution >= 0.6 is 11.8 Å². The molecule has 0 aromatic heterocycles. The zero-order chi connectivity index (χ0) is 13.8. The molecule has 2 rings (SSSR count). The monoisotopic (exact) mass is 281 g/mol. The van der Waals surface area contributed by atoms with E-state index in [0.717, 1.165) is 0 Å². The van der Waals surface area contributed by atoms with Gasteiger partial charge in [-0.05, 0) is 12.1 Å². The van der Waals surface area contributed by atoms with E-state index in [2.05, 4.69) is 5.32 Å². The molecule has 1 saturated heterocycles. The van der Waals surface area contributed by atoms with Crippen molar-refractivity contribution in [1.82, 2.24) is 4.90 Å². The van der Waals surface area contributed by atoms with Crippen molar-refractivity contribution in [1.29, 1.82) is 0 Å². The molecule has 0 unspecified atom stereocenters.